The highest BCUT2D eigenvalue weighted by molar-refractivity contribution is 14.1. The van der Waals surface area contributed by atoms with Gasteiger partial charge in [-0.05, 0) is 65.0 Å². The molecule has 6 heteroatoms. The monoisotopic (exact) mass is 413 g/mol. The molecule has 1 aromatic heterocycles. The number of fused-ring (bicyclic) bond motifs is 1. The summed E-state index contributed by atoms with van der Waals surface area (Å²) >= 11 is 8.42. The van der Waals surface area contributed by atoms with E-state index in [-0.39, 0.29) is 11.7 Å². The van der Waals surface area contributed by atoms with Gasteiger partial charge in [0, 0.05) is 3.57 Å². The summed E-state index contributed by atoms with van der Waals surface area (Å²) < 4.78 is 1.03. The van der Waals surface area contributed by atoms with Crippen LogP contribution < -0.4 is 11.0 Å². The van der Waals surface area contributed by atoms with Gasteiger partial charge in [-0.3, -0.25) is 0 Å². The minimum absolute atomic E-state index is 0.0160. The Hall–Kier alpha value is -1.31. The second-order valence-electron chi connectivity index (χ2n) is 4.78. The van der Waals surface area contributed by atoms with Crippen LogP contribution in [0.5, 0.6) is 0 Å². The molecule has 108 valence electrons. The number of hydrogen-bond donors (Lipinski definition) is 3. The molecule has 1 heterocycles. The van der Waals surface area contributed by atoms with Crippen molar-refractivity contribution >= 4 is 45.2 Å². The van der Waals surface area contributed by atoms with E-state index >= 15 is 0 Å². The lowest BCUT2D eigenvalue weighted by molar-refractivity contribution is 0.692. The maximum Gasteiger partial charge on any atom is 0.323 e. The average Bonchev–Trinajstić information content (AvgIpc) is 2.83. The van der Waals surface area contributed by atoms with Gasteiger partial charge in [0.05, 0.1) is 22.1 Å². The highest BCUT2D eigenvalue weighted by Gasteiger charge is 2.14. The van der Waals surface area contributed by atoms with Crippen molar-refractivity contribution in [3.05, 3.63) is 66.6 Å². The second-order valence-corrected chi connectivity index (χ2v) is 6.35. The number of H-pyrrole nitrogens is 2. The Bertz CT molecular complexity index is 855. The van der Waals surface area contributed by atoms with Crippen molar-refractivity contribution in [2.45, 2.75) is 6.04 Å². The van der Waals surface area contributed by atoms with E-state index in [1.54, 1.807) is 0 Å². The molecular weight excluding hydrogens is 401 g/mol. The lowest BCUT2D eigenvalue weighted by atomic mass is 9.98. The molecule has 4 nitrogen and oxygen atoms in total. The summed E-state index contributed by atoms with van der Waals surface area (Å²) in [4.78, 5) is 16.9. The van der Waals surface area contributed by atoms with Crippen LogP contribution >= 0.6 is 34.2 Å². The van der Waals surface area contributed by atoms with E-state index < -0.39 is 0 Å². The summed E-state index contributed by atoms with van der Waals surface area (Å²) in [6, 6.07) is 11.9. The Morgan fingerprint density at radius 3 is 2.48 bits per heavy atom. The fourth-order valence-electron chi connectivity index (χ4n) is 2.45. The number of imidazole rings is 1. The third kappa shape index (κ3) is 2.86. The number of benzene rings is 2. The summed E-state index contributed by atoms with van der Waals surface area (Å²) in [6.45, 7) is 0. The molecule has 0 saturated carbocycles. The number of aromatic amines is 2. The molecule has 0 spiro atoms. The van der Waals surface area contributed by atoms with Crippen LogP contribution in [0, 0.1) is 3.57 Å². The van der Waals surface area contributed by atoms with Crippen LogP contribution in [0.4, 0.5) is 0 Å². The predicted octanol–water partition coefficient (Wildman–Crippen LogP) is 3.42. The molecule has 0 bridgehead atoms. The first-order valence-electron chi connectivity index (χ1n) is 6.42. The Kier molecular flexibility index (Phi) is 4.05. The van der Waals surface area contributed by atoms with Crippen LogP contribution in [0.15, 0.2) is 41.2 Å². The summed E-state index contributed by atoms with van der Waals surface area (Å²) in [5, 5.41) is 4.03. The third-order valence-corrected chi connectivity index (χ3v) is 5.01. The van der Waals surface area contributed by atoms with Gasteiger partial charge >= 0.3 is 5.69 Å². The molecule has 0 saturated heterocycles. The van der Waals surface area contributed by atoms with E-state index in [9.17, 15) is 4.79 Å². The molecule has 3 rings (SSSR count). The Labute approximate surface area is 140 Å². The molecule has 0 radical (unpaired) electrons. The third-order valence-electron chi connectivity index (χ3n) is 3.44. The van der Waals surface area contributed by atoms with Crippen molar-refractivity contribution in [2.24, 2.45) is 0 Å². The van der Waals surface area contributed by atoms with Gasteiger partial charge in [-0.15, -0.1) is 0 Å². The fourth-order valence-corrected chi connectivity index (χ4v) is 2.97. The van der Waals surface area contributed by atoms with Crippen molar-refractivity contribution < 1.29 is 0 Å². The van der Waals surface area contributed by atoms with Crippen molar-refractivity contribution in [1.82, 2.24) is 15.3 Å². The van der Waals surface area contributed by atoms with Crippen molar-refractivity contribution in [1.29, 1.82) is 0 Å². The molecule has 2 aromatic carbocycles. The summed E-state index contributed by atoms with van der Waals surface area (Å²) in [7, 11) is 1.90. The number of nitrogens with one attached hydrogen (secondary N) is 3. The number of aromatic nitrogens is 2. The molecule has 1 unspecified atom stereocenters. The van der Waals surface area contributed by atoms with Crippen LogP contribution in [-0.4, -0.2) is 17.0 Å². The van der Waals surface area contributed by atoms with Crippen LogP contribution in [0.2, 0.25) is 5.02 Å². The Morgan fingerprint density at radius 1 is 1.10 bits per heavy atom. The van der Waals surface area contributed by atoms with Gasteiger partial charge in [0.2, 0.25) is 0 Å². The minimum Gasteiger partial charge on any atom is -0.309 e. The lowest BCUT2D eigenvalue weighted by Crippen LogP contribution is -2.17. The van der Waals surface area contributed by atoms with E-state index in [2.05, 4.69) is 43.9 Å². The first-order chi connectivity index (χ1) is 10.1. The number of rotatable bonds is 3. The number of hydrogen-bond acceptors (Lipinski definition) is 2. The maximum atomic E-state index is 11.3. The first-order valence-corrected chi connectivity index (χ1v) is 7.88. The maximum absolute atomic E-state index is 11.3. The van der Waals surface area contributed by atoms with Gasteiger partial charge in [-0.2, -0.15) is 0 Å². The molecular formula is C15H13ClIN3O. The van der Waals surface area contributed by atoms with Crippen LogP contribution in [0.3, 0.4) is 0 Å². The molecule has 0 aliphatic heterocycles. The molecule has 3 aromatic rings. The standard InChI is InChI=1S/C15H13ClIN3O/c1-18-14(8-2-4-11(17)10(16)6-8)9-3-5-12-13(7-9)20-15(21)19-12/h2-7,14,18H,1H3,(H2,19,20,21). The van der Waals surface area contributed by atoms with Crippen molar-refractivity contribution in [3.63, 3.8) is 0 Å². The molecule has 0 aliphatic carbocycles. The predicted molar refractivity (Wildman–Crippen MR) is 94.0 cm³/mol. The summed E-state index contributed by atoms with van der Waals surface area (Å²) in [5.41, 5.74) is 3.56. The zero-order valence-electron chi connectivity index (χ0n) is 11.2. The fraction of sp³-hybridized carbons (Fsp3) is 0.133. The molecule has 0 fully saturated rings. The van der Waals surface area contributed by atoms with E-state index in [0.717, 1.165) is 30.8 Å². The summed E-state index contributed by atoms with van der Waals surface area (Å²) in [5.74, 6) is 0. The minimum atomic E-state index is -0.194. The molecule has 0 amide bonds. The first kappa shape index (κ1) is 14.6. The van der Waals surface area contributed by atoms with E-state index in [0.29, 0.717) is 0 Å². The van der Waals surface area contributed by atoms with Gasteiger partial charge < -0.3 is 15.3 Å². The molecule has 1 atom stereocenters. The van der Waals surface area contributed by atoms with E-state index in [1.807, 2.05) is 37.4 Å². The second kappa shape index (κ2) is 5.82. The molecule has 0 aliphatic rings. The zero-order chi connectivity index (χ0) is 15.0. The van der Waals surface area contributed by atoms with Crippen molar-refractivity contribution in [2.75, 3.05) is 7.05 Å². The normalized spacial score (nSPS) is 12.7. The van der Waals surface area contributed by atoms with Gasteiger partial charge in [0.15, 0.2) is 0 Å². The highest BCUT2D eigenvalue weighted by Crippen LogP contribution is 2.28. The summed E-state index contributed by atoms with van der Waals surface area (Å²) in [6.07, 6.45) is 0. The Balaban J connectivity index is 2.08. The highest BCUT2D eigenvalue weighted by atomic mass is 127. The SMILES string of the molecule is CNC(c1ccc(I)c(Cl)c1)c1ccc2[nH]c(=O)[nH]c2c1. The van der Waals surface area contributed by atoms with E-state index in [1.165, 1.54) is 0 Å². The molecule has 3 N–H and O–H groups in total. The van der Waals surface area contributed by atoms with Gasteiger partial charge in [-0.1, -0.05) is 23.7 Å². The zero-order valence-corrected chi connectivity index (χ0v) is 14.1. The topological polar surface area (TPSA) is 60.7 Å². The van der Waals surface area contributed by atoms with Gasteiger partial charge in [0.1, 0.15) is 0 Å². The van der Waals surface area contributed by atoms with Gasteiger partial charge in [0.25, 0.3) is 0 Å². The van der Waals surface area contributed by atoms with Crippen LogP contribution in [0.1, 0.15) is 17.2 Å². The van der Waals surface area contributed by atoms with E-state index in [4.69, 9.17) is 11.6 Å². The van der Waals surface area contributed by atoms with Crippen LogP contribution in [-0.2, 0) is 0 Å². The smallest absolute Gasteiger partial charge is 0.309 e. The number of halogens is 2. The molecule has 21 heavy (non-hydrogen) atoms. The Morgan fingerprint density at radius 2 is 1.76 bits per heavy atom. The van der Waals surface area contributed by atoms with Crippen LogP contribution in [0.25, 0.3) is 11.0 Å². The largest absolute Gasteiger partial charge is 0.323 e. The lowest BCUT2D eigenvalue weighted by Gasteiger charge is -2.18. The quantitative estimate of drug-likeness (QED) is 0.576. The van der Waals surface area contributed by atoms with Gasteiger partial charge in [-0.25, -0.2) is 4.79 Å². The van der Waals surface area contributed by atoms with Crippen molar-refractivity contribution in [3.8, 4) is 0 Å². The average molecular weight is 414 g/mol.